The number of benzene rings is 1. The summed E-state index contributed by atoms with van der Waals surface area (Å²) in [6.45, 7) is 3.99. The van der Waals surface area contributed by atoms with Gasteiger partial charge in [0.2, 0.25) is 0 Å². The van der Waals surface area contributed by atoms with E-state index in [-0.39, 0.29) is 12.5 Å². The maximum absolute atomic E-state index is 12.3. The van der Waals surface area contributed by atoms with Crippen molar-refractivity contribution >= 4 is 11.9 Å². The number of hydrogen-bond donors (Lipinski definition) is 1. The van der Waals surface area contributed by atoms with Crippen molar-refractivity contribution < 1.29 is 19.4 Å². The zero-order valence-electron chi connectivity index (χ0n) is 12.1. The van der Waals surface area contributed by atoms with E-state index >= 15 is 0 Å². The summed E-state index contributed by atoms with van der Waals surface area (Å²) in [5.41, 5.74) is 0. The average Bonchev–Trinajstić information content (AvgIpc) is 2.47. The van der Waals surface area contributed by atoms with Gasteiger partial charge in [-0.05, 0) is 19.1 Å². The van der Waals surface area contributed by atoms with Crippen LogP contribution in [0.5, 0.6) is 5.75 Å². The lowest BCUT2D eigenvalue weighted by Crippen LogP contribution is -2.52. The van der Waals surface area contributed by atoms with Crippen molar-refractivity contribution in [3.63, 3.8) is 0 Å². The van der Waals surface area contributed by atoms with Gasteiger partial charge >= 0.3 is 5.97 Å². The van der Waals surface area contributed by atoms with Crippen LogP contribution >= 0.6 is 0 Å². The standard InChI is InChI=1S/C15H20N2O4/c1-12(21-13-5-3-2-4-6-13)15(20)17-9-7-16(8-10-17)11-14(18)19/h2-6,12H,7-11H2,1H3,(H,18,19). The van der Waals surface area contributed by atoms with E-state index in [0.29, 0.717) is 31.9 Å². The number of amides is 1. The van der Waals surface area contributed by atoms with Crippen LogP contribution in [0.2, 0.25) is 0 Å². The van der Waals surface area contributed by atoms with Crippen LogP contribution in [-0.4, -0.2) is 65.6 Å². The molecule has 1 saturated heterocycles. The maximum Gasteiger partial charge on any atom is 0.317 e. The monoisotopic (exact) mass is 292 g/mol. The summed E-state index contributed by atoms with van der Waals surface area (Å²) >= 11 is 0. The second-order valence-electron chi connectivity index (χ2n) is 5.07. The van der Waals surface area contributed by atoms with E-state index in [2.05, 4.69) is 0 Å². The Kier molecular flexibility index (Phi) is 5.16. The Balaban J connectivity index is 1.82. The Morgan fingerprint density at radius 1 is 1.19 bits per heavy atom. The Morgan fingerprint density at radius 2 is 1.81 bits per heavy atom. The molecule has 0 aliphatic carbocycles. The average molecular weight is 292 g/mol. The normalized spacial score (nSPS) is 17.3. The van der Waals surface area contributed by atoms with E-state index in [1.165, 1.54) is 0 Å². The summed E-state index contributed by atoms with van der Waals surface area (Å²) in [4.78, 5) is 26.5. The minimum absolute atomic E-state index is 0.0259. The molecule has 6 heteroatoms. The number of hydrogen-bond acceptors (Lipinski definition) is 4. The van der Waals surface area contributed by atoms with Crippen molar-refractivity contribution in [3.05, 3.63) is 30.3 Å². The van der Waals surface area contributed by atoms with Crippen LogP contribution in [-0.2, 0) is 9.59 Å². The second kappa shape index (κ2) is 7.08. The first-order chi connectivity index (χ1) is 10.1. The predicted molar refractivity (Wildman–Crippen MR) is 77.2 cm³/mol. The molecule has 0 aromatic heterocycles. The zero-order valence-corrected chi connectivity index (χ0v) is 12.1. The first kappa shape index (κ1) is 15.3. The lowest BCUT2D eigenvalue weighted by atomic mass is 10.2. The number of ether oxygens (including phenoxy) is 1. The number of carboxylic acids is 1. The highest BCUT2D eigenvalue weighted by atomic mass is 16.5. The van der Waals surface area contributed by atoms with Gasteiger partial charge in [0.05, 0.1) is 6.54 Å². The number of nitrogens with zero attached hydrogens (tertiary/aromatic N) is 2. The van der Waals surface area contributed by atoms with Gasteiger partial charge in [0.1, 0.15) is 5.75 Å². The number of carbonyl (C=O) groups excluding carboxylic acids is 1. The van der Waals surface area contributed by atoms with E-state index in [0.717, 1.165) is 0 Å². The largest absolute Gasteiger partial charge is 0.481 e. The van der Waals surface area contributed by atoms with Crippen LogP contribution in [0.15, 0.2) is 30.3 Å². The van der Waals surface area contributed by atoms with Gasteiger partial charge in [0.15, 0.2) is 6.10 Å². The highest BCUT2D eigenvalue weighted by Gasteiger charge is 2.26. The minimum atomic E-state index is -0.837. The van der Waals surface area contributed by atoms with Crippen LogP contribution in [0.25, 0.3) is 0 Å². The minimum Gasteiger partial charge on any atom is -0.481 e. The van der Waals surface area contributed by atoms with Crippen LogP contribution in [0.1, 0.15) is 6.92 Å². The van der Waals surface area contributed by atoms with Crippen molar-refractivity contribution in [1.29, 1.82) is 0 Å². The van der Waals surface area contributed by atoms with Gasteiger partial charge in [-0.2, -0.15) is 0 Å². The molecule has 21 heavy (non-hydrogen) atoms. The summed E-state index contributed by atoms with van der Waals surface area (Å²) in [6, 6.07) is 9.23. The van der Waals surface area contributed by atoms with Crippen molar-refractivity contribution in [3.8, 4) is 5.75 Å². The Labute approximate surface area is 123 Å². The Hall–Kier alpha value is -2.08. The molecule has 114 valence electrons. The number of para-hydroxylation sites is 1. The molecule has 1 atom stereocenters. The highest BCUT2D eigenvalue weighted by Crippen LogP contribution is 2.13. The first-order valence-electron chi connectivity index (χ1n) is 7.01. The summed E-state index contributed by atoms with van der Waals surface area (Å²) < 4.78 is 5.62. The van der Waals surface area contributed by atoms with Gasteiger partial charge in [-0.1, -0.05) is 18.2 Å². The van der Waals surface area contributed by atoms with Gasteiger partial charge in [0.25, 0.3) is 5.91 Å². The Morgan fingerprint density at radius 3 is 2.38 bits per heavy atom. The van der Waals surface area contributed by atoms with Gasteiger partial charge in [-0.15, -0.1) is 0 Å². The van der Waals surface area contributed by atoms with E-state index in [4.69, 9.17) is 9.84 Å². The van der Waals surface area contributed by atoms with E-state index in [1.54, 1.807) is 11.8 Å². The second-order valence-corrected chi connectivity index (χ2v) is 5.07. The lowest BCUT2D eigenvalue weighted by Gasteiger charge is -2.35. The number of aliphatic carboxylic acids is 1. The summed E-state index contributed by atoms with van der Waals surface area (Å²) in [5, 5.41) is 8.75. The van der Waals surface area contributed by atoms with Crippen LogP contribution in [0.4, 0.5) is 0 Å². The third kappa shape index (κ3) is 4.46. The molecule has 0 saturated carbocycles. The summed E-state index contributed by atoms with van der Waals surface area (Å²) in [7, 11) is 0. The molecule has 1 N–H and O–H groups in total. The van der Waals surface area contributed by atoms with Crippen LogP contribution < -0.4 is 4.74 Å². The highest BCUT2D eigenvalue weighted by molar-refractivity contribution is 5.81. The van der Waals surface area contributed by atoms with Gasteiger partial charge < -0.3 is 14.7 Å². The molecule has 1 amide bonds. The summed E-state index contributed by atoms with van der Waals surface area (Å²) in [6.07, 6.45) is -0.543. The fourth-order valence-electron chi connectivity index (χ4n) is 2.33. The maximum atomic E-state index is 12.3. The van der Waals surface area contributed by atoms with E-state index in [9.17, 15) is 9.59 Å². The zero-order chi connectivity index (χ0) is 15.2. The van der Waals surface area contributed by atoms with Crippen LogP contribution in [0.3, 0.4) is 0 Å². The topological polar surface area (TPSA) is 70.1 Å². The van der Waals surface area contributed by atoms with Crippen LogP contribution in [0, 0.1) is 0 Å². The molecule has 0 spiro atoms. The van der Waals surface area contributed by atoms with E-state index in [1.807, 2.05) is 35.2 Å². The van der Waals surface area contributed by atoms with Gasteiger partial charge in [-0.3, -0.25) is 14.5 Å². The molecular formula is C15H20N2O4. The number of rotatable bonds is 5. The van der Waals surface area contributed by atoms with Gasteiger partial charge in [0, 0.05) is 26.2 Å². The molecular weight excluding hydrogens is 272 g/mol. The fraction of sp³-hybridized carbons (Fsp3) is 0.467. The molecule has 1 unspecified atom stereocenters. The van der Waals surface area contributed by atoms with E-state index < -0.39 is 12.1 Å². The van der Waals surface area contributed by atoms with Gasteiger partial charge in [-0.25, -0.2) is 0 Å². The smallest absolute Gasteiger partial charge is 0.317 e. The number of piperazine rings is 1. The molecule has 1 aromatic carbocycles. The molecule has 1 heterocycles. The predicted octanol–water partition coefficient (Wildman–Crippen LogP) is 0.683. The molecule has 1 aliphatic rings. The summed E-state index contributed by atoms with van der Waals surface area (Å²) in [5.74, 6) is -0.229. The number of carbonyl (C=O) groups is 2. The van der Waals surface area contributed by atoms with Crippen molar-refractivity contribution in [2.45, 2.75) is 13.0 Å². The first-order valence-corrected chi connectivity index (χ1v) is 7.01. The third-order valence-electron chi connectivity index (χ3n) is 3.45. The quantitative estimate of drug-likeness (QED) is 0.864. The third-order valence-corrected chi connectivity index (χ3v) is 3.45. The van der Waals surface area contributed by atoms with Crippen molar-refractivity contribution in [1.82, 2.24) is 9.80 Å². The van der Waals surface area contributed by atoms with Crippen molar-refractivity contribution in [2.75, 3.05) is 32.7 Å². The molecule has 2 rings (SSSR count). The molecule has 6 nitrogen and oxygen atoms in total. The Bertz CT molecular complexity index is 484. The molecule has 0 radical (unpaired) electrons. The molecule has 1 aromatic rings. The lowest BCUT2D eigenvalue weighted by molar-refractivity contribution is -0.141. The van der Waals surface area contributed by atoms with Crippen molar-refractivity contribution in [2.24, 2.45) is 0 Å². The molecule has 0 bridgehead atoms. The molecule has 1 fully saturated rings. The fourth-order valence-corrected chi connectivity index (χ4v) is 2.33. The number of carboxylic acid groups (broad SMARTS) is 1. The SMILES string of the molecule is CC(Oc1ccccc1)C(=O)N1CCN(CC(=O)O)CC1. The molecule has 1 aliphatic heterocycles.